The van der Waals surface area contributed by atoms with Crippen LogP contribution in [0.4, 0.5) is 0 Å². The molecule has 0 aromatic heterocycles. The second-order valence-electron chi connectivity index (χ2n) is 9.15. The van der Waals surface area contributed by atoms with Crippen molar-refractivity contribution in [3.8, 4) is 0 Å². The van der Waals surface area contributed by atoms with Crippen molar-refractivity contribution in [3.05, 3.63) is 11.6 Å². The third kappa shape index (κ3) is 3.91. The van der Waals surface area contributed by atoms with Crippen molar-refractivity contribution in [3.63, 3.8) is 0 Å². The van der Waals surface area contributed by atoms with Gasteiger partial charge in [0, 0.05) is 4.83 Å². The Balaban J connectivity index is 1.34. The van der Waals surface area contributed by atoms with Gasteiger partial charge in [0.1, 0.15) is 0 Å². The van der Waals surface area contributed by atoms with Crippen LogP contribution in [0.3, 0.4) is 0 Å². The van der Waals surface area contributed by atoms with Crippen LogP contribution in [0.2, 0.25) is 0 Å². The van der Waals surface area contributed by atoms with Crippen molar-refractivity contribution in [2.75, 3.05) is 0 Å². The summed E-state index contributed by atoms with van der Waals surface area (Å²) in [4.78, 5) is 0.672. The molecule has 0 bridgehead atoms. The Morgan fingerprint density at radius 2 is 1.35 bits per heavy atom. The zero-order valence-corrected chi connectivity index (χ0v) is 16.4. The summed E-state index contributed by atoms with van der Waals surface area (Å²) in [5, 5.41) is 0. The van der Waals surface area contributed by atoms with Gasteiger partial charge in [0.2, 0.25) is 0 Å². The van der Waals surface area contributed by atoms with Crippen molar-refractivity contribution in [2.45, 2.75) is 94.7 Å². The molecule has 5 unspecified atom stereocenters. The van der Waals surface area contributed by atoms with E-state index in [0.717, 1.165) is 29.6 Å². The molecule has 23 heavy (non-hydrogen) atoms. The van der Waals surface area contributed by atoms with Gasteiger partial charge in [-0.25, -0.2) is 0 Å². The number of fused-ring (bicyclic) bond motifs is 1. The van der Waals surface area contributed by atoms with E-state index < -0.39 is 0 Å². The second-order valence-corrected chi connectivity index (χ2v) is 10.3. The van der Waals surface area contributed by atoms with Crippen LogP contribution in [0.5, 0.6) is 0 Å². The fraction of sp³-hybridized carbons (Fsp3) is 0.909. The van der Waals surface area contributed by atoms with E-state index in [4.69, 9.17) is 0 Å². The third-order valence-electron chi connectivity index (χ3n) is 7.83. The molecule has 0 heterocycles. The van der Waals surface area contributed by atoms with Gasteiger partial charge in [-0.2, -0.15) is 0 Å². The largest absolute Gasteiger partial charge is 0.0845 e. The van der Waals surface area contributed by atoms with Crippen LogP contribution in [0.15, 0.2) is 11.6 Å². The summed E-state index contributed by atoms with van der Waals surface area (Å²) in [7, 11) is 0. The van der Waals surface area contributed by atoms with Crippen molar-refractivity contribution in [1.82, 2.24) is 0 Å². The van der Waals surface area contributed by atoms with Gasteiger partial charge in [0.15, 0.2) is 0 Å². The molecule has 3 saturated carbocycles. The van der Waals surface area contributed by atoms with Gasteiger partial charge in [0.05, 0.1) is 0 Å². The van der Waals surface area contributed by atoms with Crippen molar-refractivity contribution in [2.24, 2.45) is 29.6 Å². The van der Waals surface area contributed by atoms with Gasteiger partial charge in [-0.05, 0) is 87.4 Å². The van der Waals surface area contributed by atoms with E-state index in [-0.39, 0.29) is 0 Å². The highest BCUT2D eigenvalue weighted by Crippen LogP contribution is 2.50. The molecule has 0 aromatic rings. The first-order valence-corrected chi connectivity index (χ1v) is 11.6. The fourth-order valence-electron chi connectivity index (χ4n) is 6.54. The van der Waals surface area contributed by atoms with Crippen LogP contribution >= 0.6 is 15.9 Å². The molecular weight excluding hydrogens is 344 g/mol. The Labute approximate surface area is 152 Å². The minimum atomic E-state index is 0.672. The lowest BCUT2D eigenvalue weighted by molar-refractivity contribution is 0.0712. The quantitative estimate of drug-likeness (QED) is 0.349. The minimum Gasteiger partial charge on any atom is -0.0845 e. The Hall–Kier alpha value is 0.220. The number of hydrogen-bond acceptors (Lipinski definition) is 0. The summed E-state index contributed by atoms with van der Waals surface area (Å²) in [6, 6.07) is 0. The number of allylic oxidation sites excluding steroid dienone is 2. The lowest BCUT2D eigenvalue weighted by Gasteiger charge is -2.45. The van der Waals surface area contributed by atoms with Crippen molar-refractivity contribution in [1.29, 1.82) is 0 Å². The molecule has 4 rings (SSSR count). The molecule has 0 nitrogen and oxygen atoms in total. The SMILES string of the molecule is BrC1C=C(C2CCC3CC(C4CCCCC4)CCC3C2)CCC1. The number of hydrogen-bond donors (Lipinski definition) is 0. The zero-order chi connectivity index (χ0) is 15.6. The lowest BCUT2D eigenvalue weighted by atomic mass is 9.60. The van der Waals surface area contributed by atoms with E-state index in [2.05, 4.69) is 22.0 Å². The standard InChI is InChI=1S/C22H35Br/c23-22-8-4-7-17(15-22)19-11-12-20-13-18(9-10-21(20)14-19)16-5-2-1-3-6-16/h15-16,18-22H,1-14H2. The van der Waals surface area contributed by atoms with Gasteiger partial charge >= 0.3 is 0 Å². The monoisotopic (exact) mass is 378 g/mol. The molecule has 0 spiro atoms. The predicted molar refractivity (Wildman–Crippen MR) is 103 cm³/mol. The van der Waals surface area contributed by atoms with Crippen LogP contribution in [0, 0.1) is 29.6 Å². The molecule has 0 amide bonds. The second kappa shape index (κ2) is 7.63. The van der Waals surface area contributed by atoms with Gasteiger partial charge in [0.25, 0.3) is 0 Å². The average Bonchev–Trinajstić information content (AvgIpc) is 2.61. The predicted octanol–water partition coefficient (Wildman–Crippen LogP) is 7.27. The average molecular weight is 379 g/mol. The zero-order valence-electron chi connectivity index (χ0n) is 14.8. The normalized spacial score (nSPS) is 42.8. The highest BCUT2D eigenvalue weighted by atomic mass is 79.9. The van der Waals surface area contributed by atoms with Crippen LogP contribution in [-0.4, -0.2) is 4.83 Å². The number of alkyl halides is 1. The maximum absolute atomic E-state index is 3.84. The van der Waals surface area contributed by atoms with E-state index in [9.17, 15) is 0 Å². The summed E-state index contributed by atoms with van der Waals surface area (Å²) < 4.78 is 0. The van der Waals surface area contributed by atoms with E-state index in [1.54, 1.807) is 38.5 Å². The van der Waals surface area contributed by atoms with Gasteiger partial charge < -0.3 is 0 Å². The van der Waals surface area contributed by atoms with Gasteiger partial charge in [-0.3, -0.25) is 0 Å². The fourth-order valence-corrected chi connectivity index (χ4v) is 7.20. The smallest absolute Gasteiger partial charge is 0.0328 e. The topological polar surface area (TPSA) is 0 Å². The summed E-state index contributed by atoms with van der Waals surface area (Å²) in [5.74, 6) is 5.33. The van der Waals surface area contributed by atoms with Crippen LogP contribution in [0.1, 0.15) is 89.9 Å². The van der Waals surface area contributed by atoms with Crippen LogP contribution < -0.4 is 0 Å². The Kier molecular flexibility index (Phi) is 5.53. The number of halogens is 1. The molecule has 5 atom stereocenters. The Bertz CT molecular complexity index is 420. The maximum atomic E-state index is 3.84. The molecule has 0 N–H and O–H groups in total. The van der Waals surface area contributed by atoms with E-state index in [1.165, 1.54) is 51.4 Å². The summed E-state index contributed by atoms with van der Waals surface area (Å²) in [5.41, 5.74) is 1.82. The van der Waals surface area contributed by atoms with Gasteiger partial charge in [-0.15, -0.1) is 0 Å². The molecule has 4 aliphatic carbocycles. The molecule has 0 saturated heterocycles. The minimum absolute atomic E-state index is 0.672. The molecule has 1 heteroatoms. The summed E-state index contributed by atoms with van der Waals surface area (Å²) >= 11 is 3.84. The third-order valence-corrected chi connectivity index (χ3v) is 8.56. The van der Waals surface area contributed by atoms with E-state index >= 15 is 0 Å². The van der Waals surface area contributed by atoms with Crippen molar-refractivity contribution < 1.29 is 0 Å². The van der Waals surface area contributed by atoms with Gasteiger partial charge in [-0.1, -0.05) is 59.7 Å². The molecule has 0 aromatic carbocycles. The Morgan fingerprint density at radius 1 is 0.652 bits per heavy atom. The highest BCUT2D eigenvalue weighted by Gasteiger charge is 2.38. The summed E-state index contributed by atoms with van der Waals surface area (Å²) in [6.07, 6.45) is 23.8. The first-order chi connectivity index (χ1) is 11.3. The first-order valence-electron chi connectivity index (χ1n) is 10.6. The van der Waals surface area contributed by atoms with E-state index in [0.29, 0.717) is 4.83 Å². The van der Waals surface area contributed by atoms with E-state index in [1.807, 2.05) is 5.57 Å². The maximum Gasteiger partial charge on any atom is 0.0328 e. The van der Waals surface area contributed by atoms with Crippen molar-refractivity contribution >= 4 is 15.9 Å². The molecular formula is C22H35Br. The Morgan fingerprint density at radius 3 is 2.13 bits per heavy atom. The lowest BCUT2D eigenvalue weighted by Crippen LogP contribution is -2.34. The molecule has 0 radical (unpaired) electrons. The van der Waals surface area contributed by atoms with Crippen LogP contribution in [-0.2, 0) is 0 Å². The first kappa shape index (κ1) is 16.7. The molecule has 0 aliphatic heterocycles. The number of rotatable bonds is 2. The van der Waals surface area contributed by atoms with Crippen LogP contribution in [0.25, 0.3) is 0 Å². The molecule has 3 fully saturated rings. The molecule has 130 valence electrons. The highest BCUT2D eigenvalue weighted by molar-refractivity contribution is 9.09. The summed E-state index contributed by atoms with van der Waals surface area (Å²) in [6.45, 7) is 0. The molecule has 4 aliphatic rings.